The van der Waals surface area contributed by atoms with Crippen molar-refractivity contribution < 1.29 is 0 Å². The SMILES string of the molecule is CC1C(c2ccccc2-c2cccc(C3(C)C=C(c4ccccc4)C=C(c4nc(-c5ccccc5)nn4Cc4cccc5c4-c4cc(-c6ccccc6)ccc4C5)C3)c2)=c2sc3ccccc3c2=C2C=CC=CC21. The number of fused-ring (bicyclic) bond motifs is 7. The molecule has 0 saturated heterocycles. The van der Waals surface area contributed by atoms with Gasteiger partial charge >= 0.3 is 0 Å². The minimum atomic E-state index is -0.391. The molecule has 0 amide bonds. The van der Waals surface area contributed by atoms with Gasteiger partial charge in [-0.05, 0) is 126 Å². The number of allylic oxidation sites excluding steroid dienone is 8. The fourth-order valence-corrected chi connectivity index (χ4v) is 13.9. The third kappa shape index (κ3) is 7.55. The second kappa shape index (κ2) is 17.9. The van der Waals surface area contributed by atoms with Crippen molar-refractivity contribution in [2.75, 3.05) is 0 Å². The summed E-state index contributed by atoms with van der Waals surface area (Å²) in [5.74, 6) is 2.24. The standard InChI is InChI=1S/C70H53N3S/c1-45-57-30-12-14-32-59(57)66-61-34-16-17-35-63(61)74-67(66)64(45)60-33-15-13-31-58(60)50-26-19-29-56(40-50)70(2)42-54(47-22-8-4-9-23-47)39-55(43-70)69-71-68(48-24-10-5-11-25-48)72-73(69)44-53-28-18-27-52-38-51-37-36-49(41-62(51)65(52)53)46-20-6-3-7-21-46/h3-37,39-42,45,57H,38,43-44H2,1-2H3. The molecule has 0 spiro atoms. The van der Waals surface area contributed by atoms with Crippen LogP contribution in [0, 0.1) is 11.8 Å². The molecule has 0 aliphatic heterocycles. The Morgan fingerprint density at radius 2 is 1.34 bits per heavy atom. The molecule has 14 rings (SSSR count). The van der Waals surface area contributed by atoms with E-state index in [2.05, 4.69) is 255 Å². The summed E-state index contributed by atoms with van der Waals surface area (Å²) in [6.07, 6.45) is 15.8. The molecule has 0 N–H and O–H groups in total. The molecule has 3 nitrogen and oxygen atoms in total. The van der Waals surface area contributed by atoms with Crippen LogP contribution in [0.4, 0.5) is 0 Å². The summed E-state index contributed by atoms with van der Waals surface area (Å²) >= 11 is 1.95. The van der Waals surface area contributed by atoms with Gasteiger partial charge in [0.1, 0.15) is 0 Å². The number of benzene rings is 8. The van der Waals surface area contributed by atoms with Crippen LogP contribution in [-0.2, 0) is 18.4 Å². The van der Waals surface area contributed by atoms with Crippen molar-refractivity contribution in [2.45, 2.75) is 38.6 Å². The predicted octanol–water partition coefficient (Wildman–Crippen LogP) is 15.7. The average Bonchev–Trinajstić information content (AvgIpc) is 4.18. The Labute approximate surface area is 436 Å². The smallest absolute Gasteiger partial charge is 0.181 e. The van der Waals surface area contributed by atoms with Crippen LogP contribution in [0.15, 0.2) is 237 Å². The first-order valence-electron chi connectivity index (χ1n) is 26.0. The third-order valence-corrected chi connectivity index (χ3v) is 17.3. The molecule has 3 unspecified atom stereocenters. The van der Waals surface area contributed by atoms with Gasteiger partial charge in [-0.2, -0.15) is 5.10 Å². The zero-order valence-electron chi connectivity index (χ0n) is 41.5. The van der Waals surface area contributed by atoms with Gasteiger partial charge in [-0.3, -0.25) is 0 Å². The van der Waals surface area contributed by atoms with Gasteiger partial charge in [0.15, 0.2) is 11.6 Å². The molecule has 4 heteroatoms. The summed E-state index contributed by atoms with van der Waals surface area (Å²) in [6, 6.07) is 73.4. The van der Waals surface area contributed by atoms with E-state index in [0.717, 1.165) is 30.1 Å². The van der Waals surface area contributed by atoms with Crippen molar-refractivity contribution in [2.24, 2.45) is 11.8 Å². The Morgan fingerprint density at radius 3 is 2.16 bits per heavy atom. The van der Waals surface area contributed by atoms with E-state index in [-0.39, 0.29) is 0 Å². The van der Waals surface area contributed by atoms with Gasteiger partial charge in [0.2, 0.25) is 0 Å². The van der Waals surface area contributed by atoms with Gasteiger partial charge in [0.25, 0.3) is 0 Å². The van der Waals surface area contributed by atoms with Crippen molar-refractivity contribution >= 4 is 43.7 Å². The third-order valence-electron chi connectivity index (χ3n) is 16.1. The maximum Gasteiger partial charge on any atom is 0.181 e. The minimum Gasteiger partial charge on any atom is -0.241 e. The zero-order chi connectivity index (χ0) is 49.3. The van der Waals surface area contributed by atoms with Crippen LogP contribution >= 0.6 is 11.3 Å². The van der Waals surface area contributed by atoms with Crippen molar-refractivity contribution in [1.82, 2.24) is 14.8 Å². The Balaban J connectivity index is 0.894. The van der Waals surface area contributed by atoms with E-state index in [1.807, 2.05) is 11.3 Å². The van der Waals surface area contributed by atoms with E-state index in [1.54, 1.807) is 0 Å². The van der Waals surface area contributed by atoms with Gasteiger partial charge in [-0.25, -0.2) is 9.67 Å². The van der Waals surface area contributed by atoms with Gasteiger partial charge in [0.05, 0.1) is 6.54 Å². The molecule has 0 saturated carbocycles. The van der Waals surface area contributed by atoms with Crippen LogP contribution in [0.2, 0.25) is 0 Å². The maximum atomic E-state index is 5.52. The van der Waals surface area contributed by atoms with E-state index >= 15 is 0 Å². The normalized spacial score (nSPS) is 18.4. The first-order chi connectivity index (χ1) is 36.4. The van der Waals surface area contributed by atoms with Gasteiger partial charge < -0.3 is 0 Å². The highest BCUT2D eigenvalue weighted by molar-refractivity contribution is 7.17. The quantitative estimate of drug-likeness (QED) is 0.144. The molecule has 0 bridgehead atoms. The molecule has 4 aliphatic rings. The van der Waals surface area contributed by atoms with E-state index in [0.29, 0.717) is 18.4 Å². The molecule has 74 heavy (non-hydrogen) atoms. The van der Waals surface area contributed by atoms with Crippen LogP contribution in [-0.4, -0.2) is 14.8 Å². The molecule has 10 aromatic rings. The Morgan fingerprint density at radius 1 is 0.622 bits per heavy atom. The van der Waals surface area contributed by atoms with Crippen LogP contribution in [0.5, 0.6) is 0 Å². The summed E-state index contributed by atoms with van der Waals surface area (Å²) in [7, 11) is 0. The molecule has 4 aliphatic carbocycles. The summed E-state index contributed by atoms with van der Waals surface area (Å²) in [4.78, 5) is 5.52. The summed E-state index contributed by atoms with van der Waals surface area (Å²) < 4.78 is 4.93. The number of aromatic nitrogens is 3. The first kappa shape index (κ1) is 44.3. The first-order valence-corrected chi connectivity index (χ1v) is 26.9. The zero-order valence-corrected chi connectivity index (χ0v) is 42.4. The molecule has 3 atom stereocenters. The lowest BCUT2D eigenvalue weighted by molar-refractivity contribution is 0.600. The second-order valence-electron chi connectivity index (χ2n) is 20.7. The molecular formula is C70H53N3S. The molecule has 2 heterocycles. The largest absolute Gasteiger partial charge is 0.241 e. The van der Waals surface area contributed by atoms with Crippen LogP contribution < -0.4 is 9.75 Å². The topological polar surface area (TPSA) is 30.7 Å². The van der Waals surface area contributed by atoms with Gasteiger partial charge in [0, 0.05) is 36.7 Å². The van der Waals surface area contributed by atoms with Crippen molar-refractivity contribution in [3.8, 4) is 44.8 Å². The highest BCUT2D eigenvalue weighted by Gasteiger charge is 2.35. The number of hydrogen-bond donors (Lipinski definition) is 0. The fourth-order valence-electron chi connectivity index (χ4n) is 12.5. The minimum absolute atomic E-state index is 0.299. The molecule has 0 radical (unpaired) electrons. The summed E-state index contributed by atoms with van der Waals surface area (Å²) in [5.41, 5.74) is 21.2. The molecule has 8 aromatic carbocycles. The van der Waals surface area contributed by atoms with E-state index in [9.17, 15) is 0 Å². The fraction of sp³-hybridized carbons (Fsp3) is 0.114. The lowest BCUT2D eigenvalue weighted by atomic mass is 9.71. The van der Waals surface area contributed by atoms with Crippen molar-refractivity contribution in [3.05, 3.63) is 286 Å². The lowest BCUT2D eigenvalue weighted by Crippen LogP contribution is -2.36. The lowest BCUT2D eigenvalue weighted by Gasteiger charge is -2.33. The van der Waals surface area contributed by atoms with Crippen molar-refractivity contribution in [1.29, 1.82) is 0 Å². The van der Waals surface area contributed by atoms with Crippen molar-refractivity contribution in [3.63, 3.8) is 0 Å². The Bertz CT molecular complexity index is 4130. The summed E-state index contributed by atoms with van der Waals surface area (Å²) in [5, 5.41) is 8.18. The molecule has 2 aromatic heterocycles. The Kier molecular flexibility index (Phi) is 10.7. The maximum absolute atomic E-state index is 5.52. The predicted molar refractivity (Wildman–Crippen MR) is 309 cm³/mol. The molecule has 354 valence electrons. The van der Waals surface area contributed by atoms with E-state index in [1.165, 1.54) is 109 Å². The number of nitrogens with zero attached hydrogens (tertiary/aromatic N) is 3. The Hall–Kier alpha value is -8.44. The van der Waals surface area contributed by atoms with E-state index < -0.39 is 5.41 Å². The van der Waals surface area contributed by atoms with Crippen LogP contribution in [0.3, 0.4) is 0 Å². The highest BCUT2D eigenvalue weighted by Crippen LogP contribution is 2.47. The number of rotatable bonds is 9. The monoisotopic (exact) mass is 967 g/mol. The van der Waals surface area contributed by atoms with Crippen LogP contribution in [0.25, 0.3) is 77.1 Å². The van der Waals surface area contributed by atoms with Gasteiger partial charge in [-0.1, -0.05) is 232 Å². The number of thiophene rings is 1. The molecular weight excluding hydrogens is 915 g/mol. The van der Waals surface area contributed by atoms with Gasteiger partial charge in [-0.15, -0.1) is 11.3 Å². The van der Waals surface area contributed by atoms with E-state index in [4.69, 9.17) is 10.1 Å². The number of hydrogen-bond acceptors (Lipinski definition) is 3. The second-order valence-corrected chi connectivity index (χ2v) is 21.8. The summed E-state index contributed by atoms with van der Waals surface area (Å²) in [6.45, 7) is 5.44. The van der Waals surface area contributed by atoms with Crippen LogP contribution in [0.1, 0.15) is 59.5 Å². The highest BCUT2D eigenvalue weighted by atomic mass is 32.1. The molecule has 0 fully saturated rings. The average molecular weight is 968 g/mol.